The molecule has 0 aromatic heterocycles. The van der Waals surface area contributed by atoms with Gasteiger partial charge in [-0.15, -0.1) is 0 Å². The Balaban J connectivity index is 2.09. The summed E-state index contributed by atoms with van der Waals surface area (Å²) in [5, 5.41) is 3.18. The summed E-state index contributed by atoms with van der Waals surface area (Å²) >= 11 is 0. The van der Waals surface area contributed by atoms with Crippen molar-refractivity contribution in [2.75, 3.05) is 31.9 Å². The first-order valence-corrected chi connectivity index (χ1v) is 8.96. The van der Waals surface area contributed by atoms with Crippen LogP contribution >= 0.6 is 0 Å². The molecule has 1 N–H and O–H groups in total. The van der Waals surface area contributed by atoms with Crippen LogP contribution < -0.4 is 5.32 Å². The van der Waals surface area contributed by atoms with Crippen molar-refractivity contribution in [2.45, 2.75) is 51.9 Å². The Morgan fingerprint density at radius 3 is 2.11 bits per heavy atom. The van der Waals surface area contributed by atoms with E-state index in [0.717, 1.165) is 25.9 Å². The highest BCUT2D eigenvalue weighted by Crippen LogP contribution is 2.10. The van der Waals surface area contributed by atoms with E-state index in [-0.39, 0.29) is 0 Å². The van der Waals surface area contributed by atoms with Crippen LogP contribution in [0.2, 0.25) is 0 Å². The van der Waals surface area contributed by atoms with E-state index in [0.29, 0.717) is 18.8 Å². The monoisotopic (exact) mass is 276 g/mol. The Bertz CT molecular complexity index is 298. The SMILES string of the molecule is CCCCCCCCCS(=O)(=O)N1CCNCC1. The second kappa shape index (κ2) is 8.88. The van der Waals surface area contributed by atoms with Gasteiger partial charge in [-0.3, -0.25) is 0 Å². The van der Waals surface area contributed by atoms with Gasteiger partial charge in [0.2, 0.25) is 10.0 Å². The molecule has 18 heavy (non-hydrogen) atoms. The van der Waals surface area contributed by atoms with Crippen molar-refractivity contribution < 1.29 is 8.42 Å². The van der Waals surface area contributed by atoms with Crippen LogP contribution in [0.3, 0.4) is 0 Å². The first kappa shape index (κ1) is 15.9. The molecule has 0 radical (unpaired) electrons. The molecule has 1 aliphatic heterocycles. The molecule has 0 bridgehead atoms. The summed E-state index contributed by atoms with van der Waals surface area (Å²) in [6, 6.07) is 0. The zero-order valence-corrected chi connectivity index (χ0v) is 12.5. The first-order chi connectivity index (χ1) is 8.67. The molecule has 1 saturated heterocycles. The van der Waals surface area contributed by atoms with Crippen LogP contribution in [0.15, 0.2) is 0 Å². The fourth-order valence-corrected chi connectivity index (χ4v) is 3.86. The third-order valence-corrected chi connectivity index (χ3v) is 5.43. The third-order valence-electron chi connectivity index (χ3n) is 3.48. The summed E-state index contributed by atoms with van der Waals surface area (Å²) in [6.45, 7) is 5.06. The van der Waals surface area contributed by atoms with E-state index < -0.39 is 10.0 Å². The van der Waals surface area contributed by atoms with Crippen molar-refractivity contribution in [1.82, 2.24) is 9.62 Å². The number of piperazine rings is 1. The number of rotatable bonds is 9. The second-order valence-electron chi connectivity index (χ2n) is 5.09. The van der Waals surface area contributed by atoms with E-state index in [1.165, 1.54) is 32.1 Å². The van der Waals surface area contributed by atoms with Gasteiger partial charge in [-0.05, 0) is 6.42 Å². The van der Waals surface area contributed by atoms with Gasteiger partial charge in [0.25, 0.3) is 0 Å². The van der Waals surface area contributed by atoms with Crippen LogP contribution in [0.4, 0.5) is 0 Å². The van der Waals surface area contributed by atoms with Crippen LogP contribution in [-0.4, -0.2) is 44.7 Å². The molecule has 4 nitrogen and oxygen atoms in total. The summed E-state index contributed by atoms with van der Waals surface area (Å²) in [7, 11) is -2.99. The molecule has 0 aromatic rings. The minimum atomic E-state index is -2.99. The highest BCUT2D eigenvalue weighted by molar-refractivity contribution is 7.89. The fraction of sp³-hybridized carbons (Fsp3) is 1.00. The second-order valence-corrected chi connectivity index (χ2v) is 7.17. The maximum atomic E-state index is 12.0. The van der Waals surface area contributed by atoms with Gasteiger partial charge < -0.3 is 5.32 Å². The lowest BCUT2D eigenvalue weighted by Crippen LogP contribution is -2.47. The predicted octanol–water partition coefficient (Wildman–Crippen LogP) is 1.97. The van der Waals surface area contributed by atoms with Crippen LogP contribution in [-0.2, 0) is 10.0 Å². The quantitative estimate of drug-likeness (QED) is 0.655. The first-order valence-electron chi connectivity index (χ1n) is 7.35. The zero-order chi connectivity index (χ0) is 13.3. The van der Waals surface area contributed by atoms with E-state index >= 15 is 0 Å². The van der Waals surface area contributed by atoms with Crippen molar-refractivity contribution in [2.24, 2.45) is 0 Å². The number of sulfonamides is 1. The molecule has 0 atom stereocenters. The largest absolute Gasteiger partial charge is 0.314 e. The van der Waals surface area contributed by atoms with E-state index in [1.807, 2.05) is 0 Å². The van der Waals surface area contributed by atoms with Gasteiger partial charge in [0.1, 0.15) is 0 Å². The van der Waals surface area contributed by atoms with Gasteiger partial charge in [-0.25, -0.2) is 8.42 Å². The number of nitrogens with one attached hydrogen (secondary N) is 1. The summed E-state index contributed by atoms with van der Waals surface area (Å²) < 4.78 is 25.7. The average molecular weight is 276 g/mol. The molecule has 0 aromatic carbocycles. The normalized spacial score (nSPS) is 18.1. The molecule has 5 heteroatoms. The molecule has 0 unspecified atom stereocenters. The summed E-state index contributed by atoms with van der Waals surface area (Å²) in [5.41, 5.74) is 0. The molecule has 0 spiro atoms. The highest BCUT2D eigenvalue weighted by atomic mass is 32.2. The Morgan fingerprint density at radius 2 is 1.50 bits per heavy atom. The van der Waals surface area contributed by atoms with Gasteiger partial charge in [0.05, 0.1) is 5.75 Å². The fourth-order valence-electron chi connectivity index (χ4n) is 2.29. The summed E-state index contributed by atoms with van der Waals surface area (Å²) in [5.74, 6) is 0.334. The number of unbranched alkanes of at least 4 members (excludes halogenated alkanes) is 6. The average Bonchev–Trinajstić information content (AvgIpc) is 2.39. The van der Waals surface area contributed by atoms with Gasteiger partial charge >= 0.3 is 0 Å². The number of hydrogen-bond acceptors (Lipinski definition) is 3. The molecule has 1 fully saturated rings. The van der Waals surface area contributed by atoms with Crippen LogP contribution in [0.1, 0.15) is 51.9 Å². The van der Waals surface area contributed by atoms with E-state index in [2.05, 4.69) is 12.2 Å². The molecule has 0 aliphatic carbocycles. The topological polar surface area (TPSA) is 49.4 Å². The lowest BCUT2D eigenvalue weighted by molar-refractivity contribution is 0.359. The molecule has 1 heterocycles. The Labute approximate surface area is 112 Å². The molecule has 1 aliphatic rings. The van der Waals surface area contributed by atoms with Crippen molar-refractivity contribution in [3.63, 3.8) is 0 Å². The predicted molar refractivity (Wildman–Crippen MR) is 76.2 cm³/mol. The molecular formula is C13H28N2O2S. The molecule has 0 amide bonds. The van der Waals surface area contributed by atoms with E-state index in [1.54, 1.807) is 4.31 Å². The lowest BCUT2D eigenvalue weighted by atomic mass is 10.1. The van der Waals surface area contributed by atoms with Crippen LogP contribution in [0.25, 0.3) is 0 Å². The number of nitrogens with zero attached hydrogens (tertiary/aromatic N) is 1. The Hall–Kier alpha value is -0.130. The Morgan fingerprint density at radius 1 is 0.944 bits per heavy atom. The van der Waals surface area contributed by atoms with Crippen molar-refractivity contribution in [1.29, 1.82) is 0 Å². The summed E-state index contributed by atoms with van der Waals surface area (Å²) in [6.07, 6.45) is 8.16. The maximum Gasteiger partial charge on any atom is 0.214 e. The van der Waals surface area contributed by atoms with Crippen molar-refractivity contribution >= 4 is 10.0 Å². The van der Waals surface area contributed by atoms with Crippen molar-refractivity contribution in [3.05, 3.63) is 0 Å². The number of hydrogen-bond donors (Lipinski definition) is 1. The minimum absolute atomic E-state index is 0.334. The van der Waals surface area contributed by atoms with Crippen LogP contribution in [0.5, 0.6) is 0 Å². The lowest BCUT2D eigenvalue weighted by Gasteiger charge is -2.26. The smallest absolute Gasteiger partial charge is 0.214 e. The maximum absolute atomic E-state index is 12.0. The summed E-state index contributed by atoms with van der Waals surface area (Å²) in [4.78, 5) is 0. The van der Waals surface area contributed by atoms with E-state index in [9.17, 15) is 8.42 Å². The Kier molecular flexibility index (Phi) is 7.86. The molecule has 0 saturated carbocycles. The molecule has 108 valence electrons. The van der Waals surface area contributed by atoms with Crippen molar-refractivity contribution in [3.8, 4) is 0 Å². The van der Waals surface area contributed by atoms with E-state index in [4.69, 9.17) is 0 Å². The zero-order valence-electron chi connectivity index (χ0n) is 11.7. The highest BCUT2D eigenvalue weighted by Gasteiger charge is 2.22. The standard InChI is InChI=1S/C13H28N2O2S/c1-2-3-4-5-6-7-8-13-18(16,17)15-11-9-14-10-12-15/h14H,2-13H2,1H3. The van der Waals surface area contributed by atoms with Gasteiger partial charge in [-0.1, -0.05) is 45.4 Å². The van der Waals surface area contributed by atoms with Crippen LogP contribution in [0, 0.1) is 0 Å². The van der Waals surface area contributed by atoms with Gasteiger partial charge in [0.15, 0.2) is 0 Å². The third kappa shape index (κ3) is 6.16. The van der Waals surface area contributed by atoms with Gasteiger partial charge in [0, 0.05) is 26.2 Å². The molecule has 1 rings (SSSR count). The minimum Gasteiger partial charge on any atom is -0.314 e. The van der Waals surface area contributed by atoms with Gasteiger partial charge in [-0.2, -0.15) is 4.31 Å². The molecular weight excluding hydrogens is 248 g/mol.